The Bertz CT molecular complexity index is 1010. The first-order chi connectivity index (χ1) is 14.4. The molecular formula is C19H17F3N4O3S. The van der Waals surface area contributed by atoms with Gasteiger partial charge in [0.15, 0.2) is 6.61 Å². The highest BCUT2D eigenvalue weighted by molar-refractivity contribution is 7.13. The van der Waals surface area contributed by atoms with E-state index in [2.05, 4.69) is 15.1 Å². The maximum Gasteiger partial charge on any atom is 0.419 e. The highest BCUT2D eigenvalue weighted by atomic mass is 32.1. The van der Waals surface area contributed by atoms with Crippen molar-refractivity contribution in [3.63, 3.8) is 0 Å². The van der Waals surface area contributed by atoms with Crippen molar-refractivity contribution in [3.05, 3.63) is 47.3 Å². The first-order valence-corrected chi connectivity index (χ1v) is 10.1. The zero-order valence-corrected chi connectivity index (χ0v) is 16.4. The molecule has 0 amide bonds. The predicted molar refractivity (Wildman–Crippen MR) is 102 cm³/mol. The summed E-state index contributed by atoms with van der Waals surface area (Å²) in [6.45, 7) is 0.298. The second kappa shape index (κ2) is 8.42. The van der Waals surface area contributed by atoms with Gasteiger partial charge in [0, 0.05) is 19.3 Å². The van der Waals surface area contributed by atoms with Crippen molar-refractivity contribution in [1.29, 1.82) is 0 Å². The normalized spacial score (nSPS) is 17.2. The average Bonchev–Trinajstić information content (AvgIpc) is 3.43. The van der Waals surface area contributed by atoms with Crippen molar-refractivity contribution >= 4 is 23.1 Å². The van der Waals surface area contributed by atoms with Crippen LogP contribution >= 0.6 is 11.3 Å². The molecule has 0 radical (unpaired) electrons. The number of hydrogen-bond donors (Lipinski definition) is 0. The van der Waals surface area contributed by atoms with Gasteiger partial charge in [-0.3, -0.25) is 4.79 Å². The van der Waals surface area contributed by atoms with Gasteiger partial charge in [0.25, 0.3) is 5.89 Å². The number of esters is 1. The minimum Gasteiger partial charge on any atom is -0.455 e. The molecule has 0 aromatic carbocycles. The summed E-state index contributed by atoms with van der Waals surface area (Å²) in [5, 5.41) is 5.72. The smallest absolute Gasteiger partial charge is 0.419 e. The van der Waals surface area contributed by atoms with E-state index in [9.17, 15) is 18.0 Å². The third kappa shape index (κ3) is 4.45. The van der Waals surface area contributed by atoms with Crippen LogP contribution < -0.4 is 4.90 Å². The maximum absolute atomic E-state index is 13.3. The molecule has 0 N–H and O–H groups in total. The number of alkyl halides is 3. The zero-order chi connectivity index (χ0) is 21.1. The summed E-state index contributed by atoms with van der Waals surface area (Å²) in [5.74, 6) is -0.681. The molecule has 7 nitrogen and oxygen atoms in total. The number of pyridine rings is 1. The van der Waals surface area contributed by atoms with E-state index in [1.165, 1.54) is 28.5 Å². The number of nitrogens with zero attached hydrogens (tertiary/aromatic N) is 4. The standard InChI is InChI=1S/C19H17F3N4O3S/c20-19(21,22)13-5-1-7-23-17(13)26-8-2-4-12(10-26)18(27)28-11-15-24-16(25-29-15)14-6-3-9-30-14/h1,3,5-7,9,12H,2,4,8,10-11H2. The second-order valence-electron chi connectivity index (χ2n) is 6.75. The number of rotatable bonds is 5. The molecule has 11 heteroatoms. The van der Waals surface area contributed by atoms with E-state index in [1.54, 1.807) is 0 Å². The highest BCUT2D eigenvalue weighted by Gasteiger charge is 2.37. The number of thiophene rings is 1. The van der Waals surface area contributed by atoms with Crippen LogP contribution in [0, 0.1) is 5.92 Å². The minimum absolute atomic E-state index is 0.100. The number of piperidine rings is 1. The van der Waals surface area contributed by atoms with Gasteiger partial charge in [0.1, 0.15) is 5.82 Å². The molecule has 0 spiro atoms. The van der Waals surface area contributed by atoms with Gasteiger partial charge in [-0.25, -0.2) is 4.98 Å². The lowest BCUT2D eigenvalue weighted by atomic mass is 9.98. The SMILES string of the molecule is O=C(OCc1nc(-c2cccs2)no1)C1CCCN(c2ncccc2C(F)(F)F)C1. The lowest BCUT2D eigenvalue weighted by molar-refractivity contribution is -0.151. The quantitative estimate of drug-likeness (QED) is 0.553. The van der Waals surface area contributed by atoms with Crippen molar-refractivity contribution in [1.82, 2.24) is 15.1 Å². The number of carbonyl (C=O) groups excluding carboxylic acids is 1. The molecule has 30 heavy (non-hydrogen) atoms. The summed E-state index contributed by atoms with van der Waals surface area (Å²) in [5.41, 5.74) is -0.814. The minimum atomic E-state index is -4.52. The van der Waals surface area contributed by atoms with E-state index in [-0.39, 0.29) is 24.9 Å². The van der Waals surface area contributed by atoms with Crippen LogP contribution in [-0.2, 0) is 22.3 Å². The molecule has 0 saturated carbocycles. The Balaban J connectivity index is 1.39. The molecule has 1 aliphatic rings. The molecule has 158 valence electrons. The highest BCUT2D eigenvalue weighted by Crippen LogP contribution is 2.36. The number of carbonyl (C=O) groups is 1. The van der Waals surface area contributed by atoms with Gasteiger partial charge < -0.3 is 14.2 Å². The van der Waals surface area contributed by atoms with Crippen LogP contribution in [0.15, 0.2) is 40.4 Å². The van der Waals surface area contributed by atoms with Crippen LogP contribution in [0.4, 0.5) is 19.0 Å². The van der Waals surface area contributed by atoms with Crippen LogP contribution in [0.3, 0.4) is 0 Å². The summed E-state index contributed by atoms with van der Waals surface area (Å²) in [6.07, 6.45) is -2.13. The molecule has 1 aliphatic heterocycles. The first-order valence-electron chi connectivity index (χ1n) is 9.22. The fourth-order valence-corrected chi connectivity index (χ4v) is 3.95. The molecule has 1 saturated heterocycles. The van der Waals surface area contributed by atoms with Crippen molar-refractivity contribution in [2.24, 2.45) is 5.92 Å². The third-order valence-electron chi connectivity index (χ3n) is 4.69. The van der Waals surface area contributed by atoms with Crippen molar-refractivity contribution in [3.8, 4) is 10.7 Å². The Labute approximate surface area is 173 Å². The number of anilines is 1. The molecule has 0 aliphatic carbocycles. The molecule has 0 bridgehead atoms. The molecule has 4 heterocycles. The molecule has 1 fully saturated rings. The number of aromatic nitrogens is 3. The topological polar surface area (TPSA) is 81.3 Å². The molecule has 1 unspecified atom stereocenters. The molecular weight excluding hydrogens is 421 g/mol. The average molecular weight is 438 g/mol. The van der Waals surface area contributed by atoms with Crippen LogP contribution in [0.1, 0.15) is 24.3 Å². The van der Waals surface area contributed by atoms with Gasteiger partial charge in [-0.2, -0.15) is 18.2 Å². The Kier molecular flexibility index (Phi) is 5.71. The Morgan fingerprint density at radius 2 is 2.20 bits per heavy atom. The largest absolute Gasteiger partial charge is 0.455 e. The summed E-state index contributed by atoms with van der Waals surface area (Å²) >= 11 is 1.45. The van der Waals surface area contributed by atoms with Crippen molar-refractivity contribution in [2.75, 3.05) is 18.0 Å². The Morgan fingerprint density at radius 1 is 1.33 bits per heavy atom. The van der Waals surface area contributed by atoms with Gasteiger partial charge in [0.2, 0.25) is 5.82 Å². The number of ether oxygens (including phenoxy) is 1. The summed E-state index contributed by atoms with van der Waals surface area (Å²) in [6, 6.07) is 5.94. The zero-order valence-electron chi connectivity index (χ0n) is 15.6. The van der Waals surface area contributed by atoms with E-state index in [0.29, 0.717) is 25.2 Å². The Hall–Kier alpha value is -2.95. The lowest BCUT2D eigenvalue weighted by Crippen LogP contribution is -2.40. The van der Waals surface area contributed by atoms with Gasteiger partial charge in [-0.15, -0.1) is 11.3 Å². The fraction of sp³-hybridized carbons (Fsp3) is 0.368. The maximum atomic E-state index is 13.3. The van der Waals surface area contributed by atoms with Crippen LogP contribution in [0.25, 0.3) is 10.7 Å². The van der Waals surface area contributed by atoms with Crippen LogP contribution in [-0.4, -0.2) is 34.2 Å². The predicted octanol–water partition coefficient (Wildman–Crippen LogP) is 4.17. The van der Waals surface area contributed by atoms with Crippen LogP contribution in [0.5, 0.6) is 0 Å². The molecule has 3 aromatic heterocycles. The summed E-state index contributed by atoms with van der Waals surface area (Å²) in [4.78, 5) is 22.9. The van der Waals surface area contributed by atoms with Gasteiger partial charge >= 0.3 is 12.1 Å². The van der Waals surface area contributed by atoms with E-state index in [0.717, 1.165) is 10.9 Å². The van der Waals surface area contributed by atoms with Crippen molar-refractivity contribution in [2.45, 2.75) is 25.6 Å². The molecule has 1 atom stereocenters. The second-order valence-corrected chi connectivity index (χ2v) is 7.70. The molecule has 4 rings (SSSR count). The van der Waals surface area contributed by atoms with Gasteiger partial charge in [-0.05, 0) is 36.4 Å². The third-order valence-corrected chi connectivity index (χ3v) is 5.56. The van der Waals surface area contributed by atoms with Crippen LogP contribution in [0.2, 0.25) is 0 Å². The lowest BCUT2D eigenvalue weighted by Gasteiger charge is -2.33. The summed E-state index contributed by atoms with van der Waals surface area (Å²) < 4.78 is 50.2. The van der Waals surface area contributed by atoms with E-state index >= 15 is 0 Å². The molecule has 3 aromatic rings. The van der Waals surface area contributed by atoms with E-state index in [4.69, 9.17) is 9.26 Å². The Morgan fingerprint density at radius 3 is 2.97 bits per heavy atom. The van der Waals surface area contributed by atoms with Gasteiger partial charge in [-0.1, -0.05) is 11.2 Å². The van der Waals surface area contributed by atoms with Gasteiger partial charge in [0.05, 0.1) is 16.4 Å². The fourth-order valence-electron chi connectivity index (χ4n) is 3.30. The van der Waals surface area contributed by atoms with Crippen molar-refractivity contribution < 1.29 is 27.2 Å². The van der Waals surface area contributed by atoms with E-state index < -0.39 is 23.6 Å². The number of halogens is 3. The number of hydrogen-bond acceptors (Lipinski definition) is 8. The van der Waals surface area contributed by atoms with E-state index in [1.807, 2.05) is 17.5 Å². The first kappa shape index (κ1) is 20.3. The monoisotopic (exact) mass is 438 g/mol. The summed E-state index contributed by atoms with van der Waals surface area (Å²) in [7, 11) is 0.